The monoisotopic (exact) mass is 342 g/mol. The van der Waals surface area contributed by atoms with E-state index in [-0.39, 0.29) is 11.9 Å². The van der Waals surface area contributed by atoms with Gasteiger partial charge in [0.05, 0.1) is 11.1 Å². The quantitative estimate of drug-likeness (QED) is 0.650. The number of hydrogen-bond donors (Lipinski definition) is 2. The van der Waals surface area contributed by atoms with E-state index in [1.54, 1.807) is 0 Å². The van der Waals surface area contributed by atoms with Gasteiger partial charge in [-0.3, -0.25) is 5.84 Å². The van der Waals surface area contributed by atoms with Crippen molar-refractivity contribution in [1.82, 2.24) is 5.43 Å². The Morgan fingerprint density at radius 1 is 1.32 bits per heavy atom. The molecule has 0 saturated heterocycles. The Kier molecular flexibility index (Phi) is 4.58. The summed E-state index contributed by atoms with van der Waals surface area (Å²) in [6.45, 7) is 1.84. The minimum Gasteiger partial charge on any atom is -0.271 e. The minimum absolute atomic E-state index is 0.290. The smallest absolute Gasteiger partial charge is 0.123 e. The summed E-state index contributed by atoms with van der Waals surface area (Å²) >= 11 is 9.63. The molecule has 0 bridgehead atoms. The second kappa shape index (κ2) is 6.01. The zero-order chi connectivity index (χ0) is 14.0. The Balaban J connectivity index is 2.53. The van der Waals surface area contributed by atoms with Crippen LogP contribution in [0.1, 0.15) is 22.7 Å². The zero-order valence-corrected chi connectivity index (χ0v) is 12.6. The highest BCUT2D eigenvalue weighted by molar-refractivity contribution is 9.10. The van der Waals surface area contributed by atoms with Crippen LogP contribution in [-0.2, 0) is 0 Å². The van der Waals surface area contributed by atoms with Crippen LogP contribution >= 0.6 is 27.5 Å². The van der Waals surface area contributed by atoms with Crippen LogP contribution in [0.2, 0.25) is 5.02 Å². The van der Waals surface area contributed by atoms with Gasteiger partial charge in [0.25, 0.3) is 0 Å². The van der Waals surface area contributed by atoms with Crippen LogP contribution in [0.5, 0.6) is 0 Å². The SMILES string of the molecule is Cc1cc(F)cc(C(NN)c2cccc(Br)c2Cl)c1. The van der Waals surface area contributed by atoms with E-state index in [2.05, 4.69) is 21.4 Å². The predicted molar refractivity (Wildman–Crippen MR) is 79.5 cm³/mol. The molecule has 0 aromatic heterocycles. The Morgan fingerprint density at radius 2 is 2.05 bits per heavy atom. The first-order valence-corrected chi connectivity index (χ1v) is 6.87. The lowest BCUT2D eigenvalue weighted by Crippen LogP contribution is -2.29. The third-order valence-corrected chi connectivity index (χ3v) is 4.17. The summed E-state index contributed by atoms with van der Waals surface area (Å²) < 4.78 is 14.3. The topological polar surface area (TPSA) is 38.0 Å². The van der Waals surface area contributed by atoms with Gasteiger partial charge in [-0.15, -0.1) is 0 Å². The van der Waals surface area contributed by atoms with Gasteiger partial charge < -0.3 is 0 Å². The van der Waals surface area contributed by atoms with Crippen LogP contribution in [0.15, 0.2) is 40.9 Å². The lowest BCUT2D eigenvalue weighted by Gasteiger charge is -2.19. The molecule has 0 aliphatic rings. The second-order valence-electron chi connectivity index (χ2n) is 4.30. The maximum atomic E-state index is 13.5. The molecule has 0 fully saturated rings. The van der Waals surface area contributed by atoms with Gasteiger partial charge in [-0.1, -0.05) is 29.8 Å². The number of hydrazine groups is 1. The summed E-state index contributed by atoms with van der Waals surface area (Å²) in [5.74, 6) is 5.32. The van der Waals surface area contributed by atoms with E-state index in [1.165, 1.54) is 12.1 Å². The van der Waals surface area contributed by atoms with Crippen molar-refractivity contribution in [3.05, 3.63) is 68.4 Å². The fraction of sp³-hybridized carbons (Fsp3) is 0.143. The molecule has 3 N–H and O–H groups in total. The summed E-state index contributed by atoms with van der Waals surface area (Å²) in [6, 6.07) is 10.0. The molecule has 5 heteroatoms. The molecule has 0 radical (unpaired) electrons. The first kappa shape index (κ1) is 14.5. The van der Waals surface area contributed by atoms with E-state index in [9.17, 15) is 4.39 Å². The van der Waals surface area contributed by atoms with E-state index in [0.29, 0.717) is 5.02 Å². The fourth-order valence-corrected chi connectivity index (χ4v) is 2.66. The van der Waals surface area contributed by atoms with E-state index < -0.39 is 0 Å². The summed E-state index contributed by atoms with van der Waals surface area (Å²) in [7, 11) is 0. The van der Waals surface area contributed by atoms with Gasteiger partial charge in [0.1, 0.15) is 5.82 Å². The average molecular weight is 344 g/mol. The molecule has 0 amide bonds. The van der Waals surface area contributed by atoms with Crippen molar-refractivity contribution < 1.29 is 4.39 Å². The third-order valence-electron chi connectivity index (χ3n) is 2.86. The molecule has 19 heavy (non-hydrogen) atoms. The third kappa shape index (κ3) is 3.15. The van der Waals surface area contributed by atoms with Crippen LogP contribution in [0.25, 0.3) is 0 Å². The van der Waals surface area contributed by atoms with Crippen molar-refractivity contribution in [3.8, 4) is 0 Å². The summed E-state index contributed by atoms with van der Waals surface area (Å²) in [5, 5.41) is 0.562. The van der Waals surface area contributed by atoms with Crippen LogP contribution in [-0.4, -0.2) is 0 Å². The zero-order valence-electron chi connectivity index (χ0n) is 10.3. The summed E-state index contributed by atoms with van der Waals surface area (Å²) in [6.07, 6.45) is 0. The maximum absolute atomic E-state index is 13.5. The van der Waals surface area contributed by atoms with Crippen molar-refractivity contribution in [3.63, 3.8) is 0 Å². The molecule has 0 heterocycles. The number of nitrogens with two attached hydrogens (primary N) is 1. The molecule has 100 valence electrons. The first-order chi connectivity index (χ1) is 9.02. The highest BCUT2D eigenvalue weighted by Gasteiger charge is 2.17. The molecule has 0 spiro atoms. The molecule has 0 aliphatic carbocycles. The van der Waals surface area contributed by atoms with Gasteiger partial charge in [-0.2, -0.15) is 0 Å². The van der Waals surface area contributed by atoms with E-state index in [0.717, 1.165) is 21.2 Å². The highest BCUT2D eigenvalue weighted by atomic mass is 79.9. The molecular formula is C14H13BrClFN2. The maximum Gasteiger partial charge on any atom is 0.123 e. The van der Waals surface area contributed by atoms with Crippen molar-refractivity contribution in [2.45, 2.75) is 13.0 Å². The van der Waals surface area contributed by atoms with Gasteiger partial charge in [0, 0.05) is 4.47 Å². The second-order valence-corrected chi connectivity index (χ2v) is 5.54. The number of hydrogen-bond acceptors (Lipinski definition) is 2. The van der Waals surface area contributed by atoms with Gasteiger partial charge in [-0.05, 0) is 57.7 Å². The predicted octanol–water partition coefficient (Wildman–Crippen LogP) is 4.10. The van der Waals surface area contributed by atoms with Crippen LogP contribution in [0.4, 0.5) is 4.39 Å². The standard InChI is InChI=1S/C14H13BrClFN2/c1-8-5-9(7-10(17)6-8)14(19-18)11-3-2-4-12(15)13(11)16/h2-7,14,19H,18H2,1H3. The minimum atomic E-state index is -0.362. The number of halogens is 3. The largest absolute Gasteiger partial charge is 0.271 e. The molecule has 0 saturated carbocycles. The Bertz CT molecular complexity index is 584. The lowest BCUT2D eigenvalue weighted by molar-refractivity contribution is 0.604. The van der Waals surface area contributed by atoms with E-state index >= 15 is 0 Å². The molecule has 0 aliphatic heterocycles. The molecule has 2 aromatic carbocycles. The number of aryl methyl sites for hydroxylation is 1. The summed E-state index contributed by atoms with van der Waals surface area (Å²) in [4.78, 5) is 0. The number of nitrogens with one attached hydrogen (secondary N) is 1. The average Bonchev–Trinajstić information content (AvgIpc) is 2.34. The van der Waals surface area contributed by atoms with E-state index in [4.69, 9.17) is 17.4 Å². The van der Waals surface area contributed by atoms with Gasteiger partial charge in [0.15, 0.2) is 0 Å². The van der Waals surface area contributed by atoms with Crippen molar-refractivity contribution in [2.24, 2.45) is 5.84 Å². The molecule has 1 unspecified atom stereocenters. The molecule has 1 atom stereocenters. The lowest BCUT2D eigenvalue weighted by atomic mass is 9.97. The summed E-state index contributed by atoms with van der Waals surface area (Å²) in [5.41, 5.74) is 5.05. The number of rotatable bonds is 3. The molecule has 2 nitrogen and oxygen atoms in total. The van der Waals surface area contributed by atoms with Crippen LogP contribution in [0, 0.1) is 12.7 Å². The van der Waals surface area contributed by atoms with Gasteiger partial charge in [-0.25, -0.2) is 9.82 Å². The highest BCUT2D eigenvalue weighted by Crippen LogP contribution is 2.33. The van der Waals surface area contributed by atoms with Gasteiger partial charge in [0.2, 0.25) is 0 Å². The molecular weight excluding hydrogens is 331 g/mol. The Morgan fingerprint density at radius 3 is 2.68 bits per heavy atom. The Hall–Kier alpha value is -0.940. The van der Waals surface area contributed by atoms with Crippen molar-refractivity contribution in [2.75, 3.05) is 0 Å². The van der Waals surface area contributed by atoms with Crippen LogP contribution < -0.4 is 11.3 Å². The van der Waals surface area contributed by atoms with Crippen molar-refractivity contribution in [1.29, 1.82) is 0 Å². The Labute approximate surface area is 124 Å². The van der Waals surface area contributed by atoms with Crippen LogP contribution in [0.3, 0.4) is 0 Å². The fourth-order valence-electron chi connectivity index (χ4n) is 2.04. The normalized spacial score (nSPS) is 12.5. The molecule has 2 rings (SSSR count). The molecule has 2 aromatic rings. The first-order valence-electron chi connectivity index (χ1n) is 5.70. The van der Waals surface area contributed by atoms with E-state index in [1.807, 2.05) is 31.2 Å². The van der Waals surface area contributed by atoms with Gasteiger partial charge >= 0.3 is 0 Å². The number of benzene rings is 2. The van der Waals surface area contributed by atoms with Crippen molar-refractivity contribution >= 4 is 27.5 Å².